The number of hydrogen-bond donors (Lipinski definition) is 0. The van der Waals surface area contributed by atoms with Crippen molar-refractivity contribution in [3.05, 3.63) is 74.9 Å². The number of pyridine rings is 1. The number of halogens is 2. The lowest BCUT2D eigenvalue weighted by Gasteiger charge is -2.12. The van der Waals surface area contributed by atoms with E-state index in [1.165, 1.54) is 0 Å². The predicted molar refractivity (Wildman–Crippen MR) is 123 cm³/mol. The van der Waals surface area contributed by atoms with Crippen molar-refractivity contribution in [1.29, 1.82) is 5.26 Å². The number of fused-ring (bicyclic) bond motifs is 1. The molecule has 0 amide bonds. The minimum atomic E-state index is 0.549. The maximum atomic E-state index is 9.37. The molecule has 5 nitrogen and oxygen atoms in total. The van der Waals surface area contributed by atoms with Gasteiger partial charge in [0, 0.05) is 34.0 Å². The van der Waals surface area contributed by atoms with Gasteiger partial charge in [-0.2, -0.15) is 5.26 Å². The van der Waals surface area contributed by atoms with E-state index in [0.29, 0.717) is 17.3 Å². The number of nitrogens with zero attached hydrogens (tertiary/aromatic N) is 5. The molecule has 0 unspecified atom stereocenters. The van der Waals surface area contributed by atoms with Crippen LogP contribution in [0.3, 0.4) is 0 Å². The van der Waals surface area contributed by atoms with Gasteiger partial charge in [0.2, 0.25) is 0 Å². The Kier molecular flexibility index (Phi) is 5.94. The molecular formula is C23H21BrClN5. The van der Waals surface area contributed by atoms with Gasteiger partial charge in [0.25, 0.3) is 0 Å². The fraction of sp³-hybridized carbons (Fsp3) is 0.261. The molecule has 152 valence electrons. The number of imidazole rings is 1. The Morgan fingerprint density at radius 2 is 2.07 bits per heavy atom. The fourth-order valence-electron chi connectivity index (χ4n) is 3.59. The highest BCUT2D eigenvalue weighted by Crippen LogP contribution is 2.27. The van der Waals surface area contributed by atoms with Crippen molar-refractivity contribution in [2.45, 2.75) is 39.7 Å². The van der Waals surface area contributed by atoms with Gasteiger partial charge in [0.15, 0.2) is 5.65 Å². The van der Waals surface area contributed by atoms with Crippen LogP contribution in [0.25, 0.3) is 16.9 Å². The van der Waals surface area contributed by atoms with E-state index in [0.717, 1.165) is 57.5 Å². The van der Waals surface area contributed by atoms with Crippen molar-refractivity contribution in [2.75, 3.05) is 0 Å². The number of aromatic nitrogens is 4. The standard InChI is InChI=1S/C23H21BrClN5/c1-3-4-5-21-28-22-15(2)8-9-27-23(22)30(21)13-16-6-7-18(11-20(16)25)29-14-17(24)10-19(29)12-26/h6-11,14H,3-5,13H2,1-2H3. The molecule has 0 aliphatic carbocycles. The van der Waals surface area contributed by atoms with E-state index >= 15 is 0 Å². The minimum Gasteiger partial charge on any atom is -0.308 e. The molecule has 4 rings (SSSR count). The molecule has 0 N–H and O–H groups in total. The first-order valence-corrected chi connectivity index (χ1v) is 11.1. The summed E-state index contributed by atoms with van der Waals surface area (Å²) in [4.78, 5) is 9.48. The van der Waals surface area contributed by atoms with Crippen LogP contribution in [0.5, 0.6) is 0 Å². The first kappa shape index (κ1) is 20.6. The van der Waals surface area contributed by atoms with E-state index in [1.54, 1.807) is 6.07 Å². The second kappa shape index (κ2) is 8.63. The van der Waals surface area contributed by atoms with Crippen molar-refractivity contribution < 1.29 is 0 Å². The maximum absolute atomic E-state index is 9.37. The summed E-state index contributed by atoms with van der Waals surface area (Å²) in [6, 6.07) is 11.9. The number of unbranched alkanes of at least 4 members (excludes halogenated alkanes) is 1. The molecular weight excluding hydrogens is 462 g/mol. The van der Waals surface area contributed by atoms with Crippen LogP contribution in [0.4, 0.5) is 0 Å². The van der Waals surface area contributed by atoms with E-state index in [-0.39, 0.29) is 0 Å². The molecule has 4 aromatic rings. The zero-order valence-electron chi connectivity index (χ0n) is 16.9. The lowest BCUT2D eigenvalue weighted by atomic mass is 10.2. The zero-order valence-corrected chi connectivity index (χ0v) is 19.2. The summed E-state index contributed by atoms with van der Waals surface area (Å²) >= 11 is 10.1. The van der Waals surface area contributed by atoms with Gasteiger partial charge < -0.3 is 9.13 Å². The Hall–Kier alpha value is -2.62. The average Bonchev–Trinajstić information content (AvgIpc) is 3.29. The predicted octanol–water partition coefficient (Wildman–Crippen LogP) is 6.21. The van der Waals surface area contributed by atoms with Crippen LogP contribution >= 0.6 is 27.5 Å². The van der Waals surface area contributed by atoms with Gasteiger partial charge in [-0.15, -0.1) is 0 Å². The van der Waals surface area contributed by atoms with Gasteiger partial charge in [-0.1, -0.05) is 31.0 Å². The molecule has 0 aliphatic rings. The third kappa shape index (κ3) is 3.88. The Morgan fingerprint density at radius 1 is 1.23 bits per heavy atom. The Bertz CT molecular complexity index is 1260. The Balaban J connectivity index is 1.73. The van der Waals surface area contributed by atoms with Crippen molar-refractivity contribution in [3.8, 4) is 11.8 Å². The summed E-state index contributed by atoms with van der Waals surface area (Å²) in [5.74, 6) is 1.04. The van der Waals surface area contributed by atoms with Crippen LogP contribution in [0, 0.1) is 18.3 Å². The first-order chi connectivity index (χ1) is 14.5. The fourth-order valence-corrected chi connectivity index (χ4v) is 4.25. The zero-order chi connectivity index (χ0) is 21.3. The van der Waals surface area contributed by atoms with Gasteiger partial charge in [0.05, 0.1) is 6.54 Å². The van der Waals surface area contributed by atoms with Gasteiger partial charge in [-0.3, -0.25) is 0 Å². The number of rotatable bonds is 6. The molecule has 7 heteroatoms. The SMILES string of the molecule is CCCCc1nc2c(C)ccnc2n1Cc1ccc(-n2cc(Br)cc2C#N)cc1Cl. The highest BCUT2D eigenvalue weighted by atomic mass is 79.9. The molecule has 0 saturated heterocycles. The van der Waals surface area contributed by atoms with Gasteiger partial charge in [-0.25, -0.2) is 9.97 Å². The monoisotopic (exact) mass is 481 g/mol. The van der Waals surface area contributed by atoms with Crippen LogP contribution < -0.4 is 0 Å². The minimum absolute atomic E-state index is 0.549. The normalized spacial score (nSPS) is 11.2. The molecule has 3 aromatic heterocycles. The number of hydrogen-bond acceptors (Lipinski definition) is 3. The van der Waals surface area contributed by atoms with Crippen LogP contribution in [0.15, 0.2) is 47.2 Å². The Labute approximate surface area is 189 Å². The largest absolute Gasteiger partial charge is 0.308 e. The van der Waals surface area contributed by atoms with Crippen molar-refractivity contribution in [1.82, 2.24) is 19.1 Å². The number of nitriles is 1. The highest BCUT2D eigenvalue weighted by Gasteiger charge is 2.15. The van der Waals surface area contributed by atoms with Crippen molar-refractivity contribution in [3.63, 3.8) is 0 Å². The summed E-state index contributed by atoms with van der Waals surface area (Å²) in [6.45, 7) is 4.85. The third-order valence-electron chi connectivity index (χ3n) is 5.21. The quantitative estimate of drug-likeness (QED) is 0.328. The molecule has 3 heterocycles. The summed E-state index contributed by atoms with van der Waals surface area (Å²) in [5, 5.41) is 10.0. The molecule has 0 radical (unpaired) electrons. The summed E-state index contributed by atoms with van der Waals surface area (Å²) in [7, 11) is 0. The van der Waals surface area contributed by atoms with E-state index < -0.39 is 0 Å². The molecule has 1 aromatic carbocycles. The lowest BCUT2D eigenvalue weighted by molar-refractivity contribution is 0.686. The van der Waals surface area contributed by atoms with Gasteiger partial charge in [0.1, 0.15) is 23.1 Å². The second-order valence-corrected chi connectivity index (χ2v) is 8.64. The highest BCUT2D eigenvalue weighted by molar-refractivity contribution is 9.10. The van der Waals surface area contributed by atoms with Crippen molar-refractivity contribution in [2.24, 2.45) is 0 Å². The molecule has 0 bridgehead atoms. The van der Waals surface area contributed by atoms with Crippen LogP contribution in [-0.2, 0) is 13.0 Å². The maximum Gasteiger partial charge on any atom is 0.160 e. The molecule has 0 spiro atoms. The molecule has 0 fully saturated rings. The second-order valence-electron chi connectivity index (χ2n) is 7.32. The average molecular weight is 483 g/mol. The first-order valence-electron chi connectivity index (χ1n) is 9.89. The van der Waals surface area contributed by atoms with E-state index in [9.17, 15) is 5.26 Å². The number of benzene rings is 1. The van der Waals surface area contributed by atoms with E-state index in [4.69, 9.17) is 16.6 Å². The van der Waals surface area contributed by atoms with E-state index in [2.05, 4.69) is 45.4 Å². The molecule has 0 aliphatic heterocycles. The van der Waals surface area contributed by atoms with Crippen LogP contribution in [-0.4, -0.2) is 19.1 Å². The smallest absolute Gasteiger partial charge is 0.160 e. The third-order valence-corrected chi connectivity index (χ3v) is 6.00. The topological polar surface area (TPSA) is 59.4 Å². The van der Waals surface area contributed by atoms with Crippen LogP contribution in [0.1, 0.15) is 42.4 Å². The summed E-state index contributed by atoms with van der Waals surface area (Å²) in [5.41, 5.74) is 5.36. The van der Waals surface area contributed by atoms with Crippen molar-refractivity contribution >= 4 is 38.7 Å². The van der Waals surface area contributed by atoms with Gasteiger partial charge in [-0.05, 0) is 64.7 Å². The number of aryl methyl sites for hydroxylation is 2. The van der Waals surface area contributed by atoms with E-state index in [1.807, 2.05) is 41.2 Å². The summed E-state index contributed by atoms with van der Waals surface area (Å²) in [6.07, 6.45) is 6.79. The summed E-state index contributed by atoms with van der Waals surface area (Å²) < 4.78 is 4.85. The molecule has 0 saturated carbocycles. The molecule has 30 heavy (non-hydrogen) atoms. The van der Waals surface area contributed by atoms with Gasteiger partial charge >= 0.3 is 0 Å². The van der Waals surface area contributed by atoms with Crippen LogP contribution in [0.2, 0.25) is 5.02 Å². The lowest BCUT2D eigenvalue weighted by Crippen LogP contribution is -2.07. The molecule has 0 atom stereocenters. The Morgan fingerprint density at radius 3 is 2.80 bits per heavy atom.